The quantitative estimate of drug-likeness (QED) is 0.636. The molecule has 1 unspecified atom stereocenters. The third-order valence-corrected chi connectivity index (χ3v) is 2.85. The zero-order valence-corrected chi connectivity index (χ0v) is 10.3. The van der Waals surface area contributed by atoms with Gasteiger partial charge in [-0.2, -0.15) is 0 Å². The van der Waals surface area contributed by atoms with Gasteiger partial charge >= 0.3 is 0 Å². The second kappa shape index (κ2) is 6.86. The molecule has 1 atom stereocenters. The first-order valence-electron chi connectivity index (χ1n) is 5.86. The third-order valence-electron chi connectivity index (χ3n) is 2.85. The molecule has 0 aromatic carbocycles. The SMILES string of the molecule is CC.CC(=O)N1CCCC(C(C)C)C1. The van der Waals surface area contributed by atoms with Crippen molar-refractivity contribution in [3.8, 4) is 0 Å². The van der Waals surface area contributed by atoms with Crippen LogP contribution < -0.4 is 0 Å². The molecule has 1 heterocycles. The van der Waals surface area contributed by atoms with Gasteiger partial charge < -0.3 is 4.90 Å². The number of carbonyl (C=O) groups excluding carboxylic acids is 1. The molecule has 14 heavy (non-hydrogen) atoms. The van der Waals surface area contributed by atoms with Crippen LogP contribution in [0, 0.1) is 11.8 Å². The minimum absolute atomic E-state index is 0.236. The zero-order chi connectivity index (χ0) is 11.1. The lowest BCUT2D eigenvalue weighted by Crippen LogP contribution is -2.40. The molecule has 0 aromatic rings. The standard InChI is InChI=1S/C10H19NO.C2H6/c1-8(2)10-5-4-6-11(7-10)9(3)12;1-2/h8,10H,4-7H2,1-3H3;1-2H3. The van der Waals surface area contributed by atoms with E-state index in [1.54, 1.807) is 6.92 Å². The minimum Gasteiger partial charge on any atom is -0.343 e. The smallest absolute Gasteiger partial charge is 0.219 e. The van der Waals surface area contributed by atoms with Crippen LogP contribution >= 0.6 is 0 Å². The van der Waals surface area contributed by atoms with E-state index in [1.165, 1.54) is 12.8 Å². The Hall–Kier alpha value is -0.530. The molecule has 0 bridgehead atoms. The maximum absolute atomic E-state index is 11.1. The van der Waals surface area contributed by atoms with E-state index in [9.17, 15) is 4.79 Å². The molecule has 1 amide bonds. The van der Waals surface area contributed by atoms with Crippen molar-refractivity contribution in [3.63, 3.8) is 0 Å². The zero-order valence-electron chi connectivity index (χ0n) is 10.3. The van der Waals surface area contributed by atoms with E-state index < -0.39 is 0 Å². The minimum atomic E-state index is 0.236. The molecule has 2 heteroatoms. The summed E-state index contributed by atoms with van der Waals surface area (Å²) < 4.78 is 0. The van der Waals surface area contributed by atoms with Gasteiger partial charge in [0.2, 0.25) is 5.91 Å². The average molecular weight is 199 g/mol. The normalized spacial score (nSPS) is 21.6. The predicted molar refractivity (Wildman–Crippen MR) is 61.2 cm³/mol. The highest BCUT2D eigenvalue weighted by molar-refractivity contribution is 5.73. The Bertz CT molecular complexity index is 166. The molecule has 0 aromatic heterocycles. The van der Waals surface area contributed by atoms with E-state index in [1.807, 2.05) is 18.7 Å². The first-order chi connectivity index (χ1) is 6.61. The van der Waals surface area contributed by atoms with Gasteiger partial charge in [0.05, 0.1) is 0 Å². The van der Waals surface area contributed by atoms with Gasteiger partial charge in [-0.3, -0.25) is 4.79 Å². The van der Waals surface area contributed by atoms with Crippen molar-refractivity contribution < 1.29 is 4.79 Å². The Morgan fingerprint density at radius 1 is 1.36 bits per heavy atom. The number of carbonyl (C=O) groups is 1. The Balaban J connectivity index is 0.000000791. The Morgan fingerprint density at radius 3 is 2.36 bits per heavy atom. The number of rotatable bonds is 1. The van der Waals surface area contributed by atoms with E-state index in [4.69, 9.17) is 0 Å². The number of likely N-dealkylation sites (tertiary alicyclic amines) is 1. The van der Waals surface area contributed by atoms with Gasteiger partial charge in [-0.25, -0.2) is 0 Å². The number of hydrogen-bond donors (Lipinski definition) is 0. The van der Waals surface area contributed by atoms with Crippen LogP contribution in [0.1, 0.15) is 47.5 Å². The first kappa shape index (κ1) is 13.5. The number of hydrogen-bond acceptors (Lipinski definition) is 1. The Labute approximate surface area is 88.7 Å². The highest BCUT2D eigenvalue weighted by Gasteiger charge is 2.23. The summed E-state index contributed by atoms with van der Waals surface area (Å²) in [6, 6.07) is 0. The monoisotopic (exact) mass is 199 g/mol. The number of piperidine rings is 1. The number of amides is 1. The van der Waals surface area contributed by atoms with Crippen LogP contribution in [0.15, 0.2) is 0 Å². The summed E-state index contributed by atoms with van der Waals surface area (Å²) in [5.74, 6) is 1.68. The molecule has 0 aliphatic carbocycles. The predicted octanol–water partition coefficient (Wildman–Crippen LogP) is 2.93. The van der Waals surface area contributed by atoms with Gasteiger partial charge in [0.1, 0.15) is 0 Å². The maximum Gasteiger partial charge on any atom is 0.219 e. The van der Waals surface area contributed by atoms with Crippen LogP contribution in [0.3, 0.4) is 0 Å². The molecule has 1 fully saturated rings. The fraction of sp³-hybridized carbons (Fsp3) is 0.917. The average Bonchev–Trinajstić information content (AvgIpc) is 2.21. The maximum atomic E-state index is 11.1. The van der Waals surface area contributed by atoms with Crippen molar-refractivity contribution in [1.29, 1.82) is 0 Å². The molecule has 1 saturated heterocycles. The van der Waals surface area contributed by atoms with Crippen molar-refractivity contribution in [3.05, 3.63) is 0 Å². The summed E-state index contributed by atoms with van der Waals surface area (Å²) in [5, 5.41) is 0. The summed E-state index contributed by atoms with van der Waals surface area (Å²) >= 11 is 0. The lowest BCUT2D eigenvalue weighted by atomic mass is 9.88. The highest BCUT2D eigenvalue weighted by Crippen LogP contribution is 2.23. The van der Waals surface area contributed by atoms with Crippen LogP contribution in [0.4, 0.5) is 0 Å². The summed E-state index contributed by atoms with van der Waals surface area (Å²) in [7, 11) is 0. The van der Waals surface area contributed by atoms with E-state index in [2.05, 4.69) is 13.8 Å². The van der Waals surface area contributed by atoms with Crippen LogP contribution in [-0.4, -0.2) is 23.9 Å². The second-order valence-corrected chi connectivity index (χ2v) is 4.11. The molecule has 0 N–H and O–H groups in total. The molecule has 1 aliphatic heterocycles. The molecule has 1 aliphatic rings. The van der Waals surface area contributed by atoms with Crippen molar-refractivity contribution in [2.45, 2.75) is 47.5 Å². The molecular formula is C12H25NO. The summed E-state index contributed by atoms with van der Waals surface area (Å²) in [4.78, 5) is 13.1. The fourth-order valence-electron chi connectivity index (χ4n) is 1.84. The van der Waals surface area contributed by atoms with E-state index in [-0.39, 0.29) is 5.91 Å². The molecule has 2 nitrogen and oxygen atoms in total. The lowest BCUT2D eigenvalue weighted by molar-refractivity contribution is -0.130. The Morgan fingerprint density at radius 2 is 1.93 bits per heavy atom. The lowest BCUT2D eigenvalue weighted by Gasteiger charge is -2.34. The largest absolute Gasteiger partial charge is 0.343 e. The summed E-state index contributed by atoms with van der Waals surface area (Å²) in [6.45, 7) is 12.1. The molecule has 84 valence electrons. The van der Waals surface area contributed by atoms with Gasteiger partial charge in [-0.15, -0.1) is 0 Å². The van der Waals surface area contributed by atoms with Crippen molar-refractivity contribution in [2.75, 3.05) is 13.1 Å². The van der Waals surface area contributed by atoms with Gasteiger partial charge in [0.25, 0.3) is 0 Å². The molecular weight excluding hydrogens is 174 g/mol. The van der Waals surface area contributed by atoms with Crippen LogP contribution in [0.2, 0.25) is 0 Å². The van der Waals surface area contributed by atoms with Crippen LogP contribution in [-0.2, 0) is 4.79 Å². The molecule has 1 rings (SSSR count). The van der Waals surface area contributed by atoms with Crippen LogP contribution in [0.25, 0.3) is 0 Å². The Kier molecular flexibility index (Phi) is 6.60. The highest BCUT2D eigenvalue weighted by atomic mass is 16.2. The van der Waals surface area contributed by atoms with Crippen molar-refractivity contribution in [2.24, 2.45) is 11.8 Å². The van der Waals surface area contributed by atoms with E-state index >= 15 is 0 Å². The van der Waals surface area contributed by atoms with Gasteiger partial charge in [-0.1, -0.05) is 27.7 Å². The van der Waals surface area contributed by atoms with E-state index in [0.717, 1.165) is 19.0 Å². The summed E-state index contributed by atoms with van der Waals surface area (Å²) in [6.07, 6.45) is 2.48. The summed E-state index contributed by atoms with van der Waals surface area (Å²) in [5.41, 5.74) is 0. The third kappa shape index (κ3) is 4.12. The van der Waals surface area contributed by atoms with Crippen molar-refractivity contribution in [1.82, 2.24) is 4.90 Å². The van der Waals surface area contributed by atoms with Crippen molar-refractivity contribution >= 4 is 5.91 Å². The second-order valence-electron chi connectivity index (χ2n) is 4.11. The topological polar surface area (TPSA) is 20.3 Å². The number of nitrogens with zero attached hydrogens (tertiary/aromatic N) is 1. The van der Waals surface area contributed by atoms with Gasteiger partial charge in [0.15, 0.2) is 0 Å². The molecule has 0 saturated carbocycles. The molecule has 0 spiro atoms. The van der Waals surface area contributed by atoms with Crippen LogP contribution in [0.5, 0.6) is 0 Å². The fourth-order valence-corrected chi connectivity index (χ4v) is 1.84. The first-order valence-corrected chi connectivity index (χ1v) is 5.86. The van der Waals surface area contributed by atoms with Gasteiger partial charge in [-0.05, 0) is 24.7 Å². The van der Waals surface area contributed by atoms with E-state index in [0.29, 0.717) is 5.92 Å². The van der Waals surface area contributed by atoms with Gasteiger partial charge in [0, 0.05) is 20.0 Å². The molecule has 0 radical (unpaired) electrons.